The van der Waals surface area contributed by atoms with Crippen molar-refractivity contribution in [3.8, 4) is 0 Å². The molecule has 2 aromatic heterocycles. The van der Waals surface area contributed by atoms with Crippen LogP contribution in [-0.2, 0) is 6.54 Å². The average molecular weight is 335 g/mol. The van der Waals surface area contributed by atoms with Gasteiger partial charge in [0.15, 0.2) is 0 Å². The maximum absolute atomic E-state index is 12.2. The minimum atomic E-state index is -0.0131. The van der Waals surface area contributed by atoms with Crippen LogP contribution in [0, 0.1) is 0 Å². The van der Waals surface area contributed by atoms with Crippen LogP contribution in [-0.4, -0.2) is 33.6 Å². The van der Waals surface area contributed by atoms with Crippen molar-refractivity contribution in [1.29, 1.82) is 0 Å². The number of likely N-dealkylation sites (tertiary alicyclic amines) is 1. The van der Waals surface area contributed by atoms with Crippen molar-refractivity contribution in [3.05, 3.63) is 60.4 Å². The predicted molar refractivity (Wildman–Crippen MR) is 98.8 cm³/mol. The highest BCUT2D eigenvalue weighted by atomic mass is 16.2. The van der Waals surface area contributed by atoms with E-state index >= 15 is 0 Å². The molecule has 25 heavy (non-hydrogen) atoms. The van der Waals surface area contributed by atoms with Gasteiger partial charge in [0.2, 0.25) is 0 Å². The molecule has 0 bridgehead atoms. The van der Waals surface area contributed by atoms with Crippen LogP contribution in [0.4, 0.5) is 16.2 Å². The second kappa shape index (κ2) is 6.84. The molecule has 0 saturated carbocycles. The molecule has 2 amide bonds. The van der Waals surface area contributed by atoms with Gasteiger partial charge in [-0.15, -0.1) is 0 Å². The van der Waals surface area contributed by atoms with Crippen LogP contribution < -0.4 is 10.6 Å². The van der Waals surface area contributed by atoms with Crippen LogP contribution in [0.1, 0.15) is 18.4 Å². The van der Waals surface area contributed by atoms with Crippen molar-refractivity contribution < 1.29 is 4.79 Å². The minimum absolute atomic E-state index is 0.0131. The van der Waals surface area contributed by atoms with Crippen molar-refractivity contribution in [1.82, 2.24) is 14.5 Å². The van der Waals surface area contributed by atoms with Gasteiger partial charge in [-0.05, 0) is 54.8 Å². The average Bonchev–Trinajstić information content (AvgIpc) is 3.31. The summed E-state index contributed by atoms with van der Waals surface area (Å²) in [5, 5.41) is 10.6. The smallest absolute Gasteiger partial charge is 0.321 e. The first-order valence-electron chi connectivity index (χ1n) is 8.60. The van der Waals surface area contributed by atoms with Crippen LogP contribution in [0.25, 0.3) is 5.52 Å². The first kappa shape index (κ1) is 15.5. The van der Waals surface area contributed by atoms with Gasteiger partial charge >= 0.3 is 6.03 Å². The lowest BCUT2D eigenvalue weighted by molar-refractivity contribution is 0.222. The van der Waals surface area contributed by atoms with Gasteiger partial charge in [-0.1, -0.05) is 6.07 Å². The third-order valence-corrected chi connectivity index (χ3v) is 4.47. The second-order valence-electron chi connectivity index (χ2n) is 6.29. The van der Waals surface area contributed by atoms with Crippen molar-refractivity contribution in [3.63, 3.8) is 0 Å². The Balaban J connectivity index is 1.39. The van der Waals surface area contributed by atoms with E-state index in [-0.39, 0.29) is 6.03 Å². The summed E-state index contributed by atoms with van der Waals surface area (Å²) in [7, 11) is 0. The topological polar surface area (TPSA) is 61.7 Å². The van der Waals surface area contributed by atoms with E-state index in [2.05, 4.69) is 21.8 Å². The molecule has 3 aromatic rings. The number of hydrogen-bond acceptors (Lipinski definition) is 3. The summed E-state index contributed by atoms with van der Waals surface area (Å²) in [6.07, 6.45) is 5.94. The Kier molecular flexibility index (Phi) is 4.24. The van der Waals surface area contributed by atoms with E-state index in [1.54, 1.807) is 6.20 Å². The fourth-order valence-corrected chi connectivity index (χ4v) is 3.11. The Hall–Kier alpha value is -3.02. The Morgan fingerprint density at radius 1 is 1.08 bits per heavy atom. The van der Waals surface area contributed by atoms with E-state index in [9.17, 15) is 4.79 Å². The van der Waals surface area contributed by atoms with Crippen molar-refractivity contribution >= 4 is 22.9 Å². The number of urea groups is 1. The monoisotopic (exact) mass is 335 g/mol. The molecule has 128 valence electrons. The summed E-state index contributed by atoms with van der Waals surface area (Å²) in [5.41, 5.74) is 4.05. The SMILES string of the molecule is O=C(Nc1cccc(NCc2ccn3nccc3c2)c1)N1CCCC1. The summed E-state index contributed by atoms with van der Waals surface area (Å²) >= 11 is 0. The van der Waals surface area contributed by atoms with E-state index < -0.39 is 0 Å². The van der Waals surface area contributed by atoms with E-state index in [1.807, 2.05) is 52.0 Å². The third kappa shape index (κ3) is 3.57. The Bertz CT molecular complexity index is 882. The number of nitrogens with zero attached hydrogens (tertiary/aromatic N) is 3. The van der Waals surface area contributed by atoms with Crippen LogP contribution in [0.5, 0.6) is 0 Å². The quantitative estimate of drug-likeness (QED) is 0.766. The zero-order chi connectivity index (χ0) is 17.1. The zero-order valence-electron chi connectivity index (χ0n) is 14.0. The van der Waals surface area contributed by atoms with Crippen LogP contribution >= 0.6 is 0 Å². The molecule has 0 unspecified atom stereocenters. The molecule has 0 radical (unpaired) electrons. The Labute approximate surface area is 146 Å². The van der Waals surface area contributed by atoms with Crippen molar-refractivity contribution in [2.75, 3.05) is 23.7 Å². The first-order chi connectivity index (χ1) is 12.3. The molecule has 1 aliphatic rings. The van der Waals surface area contributed by atoms with Crippen LogP contribution in [0.15, 0.2) is 54.9 Å². The normalized spacial score (nSPS) is 14.0. The maximum Gasteiger partial charge on any atom is 0.321 e. The van der Waals surface area contributed by atoms with Gasteiger partial charge in [0.1, 0.15) is 0 Å². The molecule has 1 aromatic carbocycles. The Morgan fingerprint density at radius 2 is 1.92 bits per heavy atom. The highest BCUT2D eigenvalue weighted by molar-refractivity contribution is 5.90. The number of pyridine rings is 1. The van der Waals surface area contributed by atoms with Crippen molar-refractivity contribution in [2.45, 2.75) is 19.4 Å². The van der Waals surface area contributed by atoms with E-state index in [4.69, 9.17) is 0 Å². The molecule has 2 N–H and O–H groups in total. The van der Waals surface area contributed by atoms with Gasteiger partial charge in [0.05, 0.1) is 5.52 Å². The van der Waals surface area contributed by atoms with Crippen LogP contribution in [0.2, 0.25) is 0 Å². The Morgan fingerprint density at radius 3 is 2.80 bits per heavy atom. The summed E-state index contributed by atoms with van der Waals surface area (Å²) in [4.78, 5) is 14.1. The number of aromatic nitrogens is 2. The van der Waals surface area contributed by atoms with Gasteiger partial charge in [-0.3, -0.25) is 0 Å². The highest BCUT2D eigenvalue weighted by Crippen LogP contribution is 2.18. The molecule has 4 rings (SSSR count). The molecule has 0 spiro atoms. The summed E-state index contributed by atoms with van der Waals surface area (Å²) < 4.78 is 1.85. The highest BCUT2D eigenvalue weighted by Gasteiger charge is 2.17. The number of anilines is 2. The number of rotatable bonds is 4. The van der Waals surface area contributed by atoms with Crippen LogP contribution in [0.3, 0.4) is 0 Å². The summed E-state index contributed by atoms with van der Waals surface area (Å²) in [6.45, 7) is 2.41. The lowest BCUT2D eigenvalue weighted by Crippen LogP contribution is -2.32. The lowest BCUT2D eigenvalue weighted by atomic mass is 10.2. The number of amides is 2. The molecular weight excluding hydrogens is 314 g/mol. The molecule has 1 saturated heterocycles. The number of benzene rings is 1. The summed E-state index contributed by atoms with van der Waals surface area (Å²) in [6, 6.07) is 14.0. The summed E-state index contributed by atoms with van der Waals surface area (Å²) in [5.74, 6) is 0. The first-order valence-corrected chi connectivity index (χ1v) is 8.60. The molecular formula is C19H21N5O. The molecule has 0 atom stereocenters. The zero-order valence-corrected chi connectivity index (χ0v) is 14.0. The van der Waals surface area contributed by atoms with E-state index in [0.29, 0.717) is 6.54 Å². The fraction of sp³-hybridized carbons (Fsp3) is 0.263. The molecule has 3 heterocycles. The predicted octanol–water partition coefficient (Wildman–Crippen LogP) is 3.57. The number of fused-ring (bicyclic) bond motifs is 1. The molecule has 6 heteroatoms. The molecule has 1 fully saturated rings. The number of carbonyl (C=O) groups excluding carboxylic acids is 1. The second-order valence-corrected chi connectivity index (χ2v) is 6.29. The van der Waals surface area contributed by atoms with Gasteiger partial charge < -0.3 is 15.5 Å². The standard InChI is InChI=1S/C19H21N5O/c25-19(23-9-1-2-10-23)22-17-5-3-4-16(13-17)20-14-15-7-11-24-18(12-15)6-8-21-24/h3-8,11-13,20H,1-2,9-10,14H2,(H,22,25). The van der Waals surface area contributed by atoms with E-state index in [0.717, 1.165) is 42.8 Å². The molecule has 0 aliphatic carbocycles. The number of carbonyl (C=O) groups is 1. The molecule has 1 aliphatic heterocycles. The van der Waals surface area contributed by atoms with Crippen molar-refractivity contribution in [2.24, 2.45) is 0 Å². The maximum atomic E-state index is 12.2. The fourth-order valence-electron chi connectivity index (χ4n) is 3.11. The number of hydrogen-bond donors (Lipinski definition) is 2. The van der Waals surface area contributed by atoms with Gasteiger partial charge in [0.25, 0.3) is 0 Å². The molecule has 6 nitrogen and oxygen atoms in total. The third-order valence-electron chi connectivity index (χ3n) is 4.47. The largest absolute Gasteiger partial charge is 0.381 e. The minimum Gasteiger partial charge on any atom is -0.381 e. The van der Waals surface area contributed by atoms with E-state index in [1.165, 1.54) is 5.56 Å². The lowest BCUT2D eigenvalue weighted by Gasteiger charge is -2.16. The number of nitrogens with one attached hydrogen (secondary N) is 2. The van der Waals surface area contributed by atoms with Gasteiger partial charge in [0, 0.05) is 43.4 Å². The van der Waals surface area contributed by atoms with Gasteiger partial charge in [-0.25, -0.2) is 9.31 Å². The van der Waals surface area contributed by atoms with Gasteiger partial charge in [-0.2, -0.15) is 5.10 Å².